The largest absolute Gasteiger partial charge is 0.388 e. The molecule has 15 heavy (non-hydrogen) atoms. The van der Waals surface area contributed by atoms with E-state index in [1.807, 2.05) is 6.92 Å². The molecule has 0 aliphatic heterocycles. The molecule has 0 spiro atoms. The fourth-order valence-corrected chi connectivity index (χ4v) is 0.835. The van der Waals surface area contributed by atoms with E-state index in [2.05, 4.69) is 10.6 Å². The van der Waals surface area contributed by atoms with Gasteiger partial charge in [-0.2, -0.15) is 0 Å². The van der Waals surface area contributed by atoms with Gasteiger partial charge in [-0.25, -0.2) is 4.79 Å². The summed E-state index contributed by atoms with van der Waals surface area (Å²) in [6.07, 6.45) is 0.533. The van der Waals surface area contributed by atoms with Crippen LogP contribution in [0.4, 0.5) is 4.79 Å². The highest BCUT2D eigenvalue weighted by atomic mass is 16.3. The van der Waals surface area contributed by atoms with Crippen molar-refractivity contribution >= 4 is 11.9 Å². The Morgan fingerprint density at radius 3 is 2.47 bits per heavy atom. The van der Waals surface area contributed by atoms with E-state index < -0.39 is 17.7 Å². The number of nitrogens with two attached hydrogens (primary N) is 1. The van der Waals surface area contributed by atoms with Gasteiger partial charge >= 0.3 is 6.03 Å². The molecular formula is C9H19N3O3. The fourth-order valence-electron chi connectivity index (χ4n) is 0.835. The number of carbonyl (C=O) groups is 2. The third kappa shape index (κ3) is 5.90. The molecule has 0 aliphatic carbocycles. The molecule has 2 atom stereocenters. The van der Waals surface area contributed by atoms with Gasteiger partial charge in [-0.15, -0.1) is 0 Å². The lowest BCUT2D eigenvalue weighted by atomic mass is 10.0. The maximum absolute atomic E-state index is 11.3. The Kier molecular flexibility index (Phi) is 5.07. The number of hydrogen-bond acceptors (Lipinski definition) is 3. The molecule has 5 N–H and O–H groups in total. The second kappa shape index (κ2) is 5.55. The van der Waals surface area contributed by atoms with Crippen molar-refractivity contribution in [2.24, 2.45) is 5.73 Å². The Balaban J connectivity index is 3.98. The van der Waals surface area contributed by atoms with Crippen LogP contribution in [0.1, 0.15) is 27.2 Å². The number of hydrogen-bond donors (Lipinski definition) is 4. The number of aliphatic hydroxyl groups is 1. The Bertz CT molecular complexity index is 241. The van der Waals surface area contributed by atoms with Gasteiger partial charge in [-0.05, 0) is 20.3 Å². The van der Waals surface area contributed by atoms with Gasteiger partial charge in [0.05, 0.1) is 5.60 Å². The van der Waals surface area contributed by atoms with Gasteiger partial charge in [-0.1, -0.05) is 6.92 Å². The van der Waals surface area contributed by atoms with Crippen LogP contribution < -0.4 is 16.4 Å². The van der Waals surface area contributed by atoms with Crippen molar-refractivity contribution in [2.45, 2.75) is 38.8 Å². The average Bonchev–Trinajstić information content (AvgIpc) is 2.13. The van der Waals surface area contributed by atoms with Gasteiger partial charge in [0.25, 0.3) is 0 Å². The molecule has 0 radical (unpaired) electrons. The van der Waals surface area contributed by atoms with Crippen LogP contribution in [0, 0.1) is 0 Å². The molecular weight excluding hydrogens is 198 g/mol. The predicted octanol–water partition coefficient (Wildman–Crippen LogP) is -0.680. The van der Waals surface area contributed by atoms with Gasteiger partial charge in [0, 0.05) is 6.54 Å². The number of urea groups is 1. The van der Waals surface area contributed by atoms with E-state index in [9.17, 15) is 14.7 Å². The maximum Gasteiger partial charge on any atom is 0.312 e. The molecule has 0 aliphatic rings. The molecule has 0 saturated heterocycles. The summed E-state index contributed by atoms with van der Waals surface area (Å²) in [5.74, 6) is -0.373. The van der Waals surface area contributed by atoms with Gasteiger partial charge in [0.1, 0.15) is 6.04 Å². The first-order valence-electron chi connectivity index (χ1n) is 4.84. The highest BCUT2D eigenvalue weighted by Gasteiger charge is 2.20. The number of rotatable bonds is 5. The summed E-state index contributed by atoms with van der Waals surface area (Å²) < 4.78 is 0. The number of amides is 3. The van der Waals surface area contributed by atoms with E-state index in [1.54, 1.807) is 6.92 Å². The first kappa shape index (κ1) is 13.7. The van der Waals surface area contributed by atoms with Gasteiger partial charge in [-0.3, -0.25) is 4.79 Å². The van der Waals surface area contributed by atoms with E-state index >= 15 is 0 Å². The Morgan fingerprint density at radius 2 is 2.07 bits per heavy atom. The number of nitrogens with one attached hydrogen (secondary N) is 2. The standard InChI is InChI=1S/C9H19N3O3/c1-4-9(3,15)5-11-7(13)6(2)12-8(10)14/h6,15H,4-5H2,1-3H3,(H,11,13)(H3,10,12,14). The first-order valence-corrected chi connectivity index (χ1v) is 4.84. The van der Waals surface area contributed by atoms with Crippen LogP contribution in [-0.2, 0) is 4.79 Å². The Hall–Kier alpha value is -1.30. The van der Waals surface area contributed by atoms with Crippen LogP contribution in [0.25, 0.3) is 0 Å². The monoisotopic (exact) mass is 217 g/mol. The summed E-state index contributed by atoms with van der Waals surface area (Å²) in [6, 6.07) is -1.45. The minimum Gasteiger partial charge on any atom is -0.388 e. The number of primary amides is 1. The average molecular weight is 217 g/mol. The van der Waals surface area contributed by atoms with E-state index in [0.717, 1.165) is 0 Å². The molecule has 6 heteroatoms. The van der Waals surface area contributed by atoms with Crippen molar-refractivity contribution < 1.29 is 14.7 Å². The van der Waals surface area contributed by atoms with Crippen molar-refractivity contribution in [1.82, 2.24) is 10.6 Å². The summed E-state index contributed by atoms with van der Waals surface area (Å²) in [7, 11) is 0. The lowest BCUT2D eigenvalue weighted by Crippen LogP contribution is -2.50. The third-order valence-electron chi connectivity index (χ3n) is 2.16. The molecule has 6 nitrogen and oxygen atoms in total. The van der Waals surface area contributed by atoms with Crippen molar-refractivity contribution in [1.29, 1.82) is 0 Å². The van der Waals surface area contributed by atoms with Crippen molar-refractivity contribution in [3.8, 4) is 0 Å². The summed E-state index contributed by atoms with van der Waals surface area (Å²) >= 11 is 0. The molecule has 0 bridgehead atoms. The maximum atomic E-state index is 11.3. The molecule has 88 valence electrons. The summed E-state index contributed by atoms with van der Waals surface area (Å²) in [6.45, 7) is 5.10. The quantitative estimate of drug-likeness (QED) is 0.490. The fraction of sp³-hybridized carbons (Fsp3) is 0.778. The predicted molar refractivity (Wildman–Crippen MR) is 56.1 cm³/mol. The summed E-state index contributed by atoms with van der Waals surface area (Å²) in [4.78, 5) is 21.8. The van der Waals surface area contributed by atoms with Crippen molar-refractivity contribution in [3.63, 3.8) is 0 Å². The number of carbonyl (C=O) groups excluding carboxylic acids is 2. The molecule has 0 aromatic rings. The Morgan fingerprint density at radius 1 is 1.53 bits per heavy atom. The third-order valence-corrected chi connectivity index (χ3v) is 2.16. The van der Waals surface area contributed by atoms with Crippen LogP contribution in [0.5, 0.6) is 0 Å². The van der Waals surface area contributed by atoms with Crippen LogP contribution in [-0.4, -0.2) is 35.2 Å². The van der Waals surface area contributed by atoms with E-state index in [1.165, 1.54) is 6.92 Å². The highest BCUT2D eigenvalue weighted by molar-refractivity contribution is 5.86. The van der Waals surface area contributed by atoms with Crippen molar-refractivity contribution in [2.75, 3.05) is 6.54 Å². The second-order valence-electron chi connectivity index (χ2n) is 3.80. The molecule has 0 fully saturated rings. The summed E-state index contributed by atoms with van der Waals surface area (Å²) in [5, 5.41) is 14.4. The SMILES string of the molecule is CCC(C)(O)CNC(=O)C(C)NC(N)=O. The molecule has 0 rings (SSSR count). The van der Waals surface area contributed by atoms with Crippen LogP contribution in [0.15, 0.2) is 0 Å². The van der Waals surface area contributed by atoms with Crippen LogP contribution in [0.2, 0.25) is 0 Å². The highest BCUT2D eigenvalue weighted by Crippen LogP contribution is 2.05. The zero-order chi connectivity index (χ0) is 12.1. The van der Waals surface area contributed by atoms with Gasteiger partial charge in [0.15, 0.2) is 0 Å². The molecule has 0 aromatic heterocycles. The Labute approximate surface area is 89.2 Å². The zero-order valence-electron chi connectivity index (χ0n) is 9.33. The molecule has 3 amide bonds. The minimum absolute atomic E-state index is 0.146. The van der Waals surface area contributed by atoms with Crippen LogP contribution in [0.3, 0.4) is 0 Å². The second-order valence-corrected chi connectivity index (χ2v) is 3.80. The minimum atomic E-state index is -0.928. The molecule has 0 saturated carbocycles. The topological polar surface area (TPSA) is 104 Å². The first-order chi connectivity index (χ1) is 6.78. The normalized spacial score (nSPS) is 16.3. The lowest BCUT2D eigenvalue weighted by Gasteiger charge is -2.22. The smallest absolute Gasteiger partial charge is 0.312 e. The molecule has 0 heterocycles. The van der Waals surface area contributed by atoms with Gasteiger partial charge < -0.3 is 21.5 Å². The van der Waals surface area contributed by atoms with Gasteiger partial charge in [0.2, 0.25) is 5.91 Å². The van der Waals surface area contributed by atoms with E-state index in [4.69, 9.17) is 5.73 Å². The molecule has 0 aromatic carbocycles. The summed E-state index contributed by atoms with van der Waals surface area (Å²) in [5.41, 5.74) is 3.93. The lowest BCUT2D eigenvalue weighted by molar-refractivity contribution is -0.123. The zero-order valence-corrected chi connectivity index (χ0v) is 9.33. The van der Waals surface area contributed by atoms with E-state index in [0.29, 0.717) is 6.42 Å². The van der Waals surface area contributed by atoms with Crippen molar-refractivity contribution in [3.05, 3.63) is 0 Å². The van der Waals surface area contributed by atoms with Crippen LogP contribution >= 0.6 is 0 Å². The van der Waals surface area contributed by atoms with E-state index in [-0.39, 0.29) is 12.5 Å². The molecule has 2 unspecified atom stereocenters.